The van der Waals surface area contributed by atoms with Gasteiger partial charge in [-0.3, -0.25) is 9.69 Å². The molecule has 0 radical (unpaired) electrons. The topological polar surface area (TPSA) is 54.3 Å². The highest BCUT2D eigenvalue weighted by atomic mass is 35.5. The van der Waals surface area contributed by atoms with Gasteiger partial charge in [-0.15, -0.1) is 5.10 Å². The van der Waals surface area contributed by atoms with Crippen LogP contribution in [0.2, 0.25) is 5.02 Å². The van der Waals surface area contributed by atoms with Crippen LogP contribution in [0, 0.1) is 12.7 Å². The van der Waals surface area contributed by atoms with E-state index in [0.717, 1.165) is 18.8 Å². The van der Waals surface area contributed by atoms with Gasteiger partial charge in [-0.1, -0.05) is 47.6 Å². The maximum absolute atomic E-state index is 14.9. The average Bonchev–Trinajstić information content (AvgIpc) is 3.27. The Morgan fingerprint density at radius 2 is 1.90 bits per heavy atom. The van der Waals surface area contributed by atoms with Gasteiger partial charge >= 0.3 is 0 Å². The van der Waals surface area contributed by atoms with Crippen molar-refractivity contribution in [1.29, 1.82) is 0 Å². The Balaban J connectivity index is 1.42. The Kier molecular flexibility index (Phi) is 5.45. The fourth-order valence-electron chi connectivity index (χ4n) is 4.30. The lowest BCUT2D eigenvalue weighted by Gasteiger charge is -2.41. The van der Waals surface area contributed by atoms with Gasteiger partial charge in [0.1, 0.15) is 16.9 Å². The van der Waals surface area contributed by atoms with Crippen LogP contribution < -0.4 is 4.90 Å². The number of hydrogen-bond donors (Lipinski definition) is 0. The van der Waals surface area contributed by atoms with E-state index in [4.69, 9.17) is 11.6 Å². The van der Waals surface area contributed by atoms with Crippen molar-refractivity contribution in [1.82, 2.24) is 19.7 Å². The summed E-state index contributed by atoms with van der Waals surface area (Å²) >= 11 is 7.52. The highest BCUT2D eigenvalue weighted by Gasteiger charge is 2.44. The highest BCUT2D eigenvalue weighted by molar-refractivity contribution is 8.00. The molecule has 3 heterocycles. The zero-order chi connectivity index (χ0) is 21.5. The van der Waals surface area contributed by atoms with E-state index in [1.54, 1.807) is 19.1 Å². The first-order valence-electron chi connectivity index (χ1n) is 10.1. The number of hydrogen-bond acceptors (Lipinski definition) is 6. The van der Waals surface area contributed by atoms with Gasteiger partial charge in [-0.2, -0.15) is 4.68 Å². The lowest BCUT2D eigenvalue weighted by Crippen LogP contribution is -2.50. The second kappa shape index (κ2) is 8.26. The Morgan fingerprint density at radius 3 is 2.61 bits per heavy atom. The standard InChI is InChI=1S/C22H21ClFN5OS/c1-14-25-22-29(26-14)21(30)20(31-22)19(17-7-2-3-8-18(17)24)28-11-9-27(10-12-28)16-6-4-5-15(23)13-16/h2-8,13,19-20H,9-12H2,1H3. The molecule has 0 saturated carbocycles. The highest BCUT2D eigenvalue weighted by Crippen LogP contribution is 2.42. The van der Waals surface area contributed by atoms with Gasteiger partial charge < -0.3 is 4.90 Å². The first kappa shape index (κ1) is 20.5. The SMILES string of the molecule is Cc1nc2n(n1)C(=O)C(C(c1ccccc1F)N1CCN(c3cccc(Cl)c3)CC1)S2. The van der Waals surface area contributed by atoms with Crippen molar-refractivity contribution in [3.63, 3.8) is 0 Å². The minimum Gasteiger partial charge on any atom is -0.369 e. The van der Waals surface area contributed by atoms with Crippen LogP contribution >= 0.6 is 23.4 Å². The van der Waals surface area contributed by atoms with Crippen molar-refractivity contribution in [3.8, 4) is 0 Å². The first-order chi connectivity index (χ1) is 15.0. The summed E-state index contributed by atoms with van der Waals surface area (Å²) in [6.45, 7) is 4.68. The molecular formula is C22H21ClFN5OS. The summed E-state index contributed by atoms with van der Waals surface area (Å²) in [7, 11) is 0. The molecule has 3 aromatic rings. The molecule has 0 spiro atoms. The van der Waals surface area contributed by atoms with E-state index in [-0.39, 0.29) is 11.7 Å². The summed E-state index contributed by atoms with van der Waals surface area (Å²) in [5, 5.41) is 5.01. The largest absolute Gasteiger partial charge is 0.369 e. The molecule has 0 bridgehead atoms. The summed E-state index contributed by atoms with van der Waals surface area (Å²) in [6.07, 6.45) is 0. The lowest BCUT2D eigenvalue weighted by atomic mass is 9.99. The average molecular weight is 458 g/mol. The van der Waals surface area contributed by atoms with Crippen molar-refractivity contribution in [2.24, 2.45) is 0 Å². The number of piperazine rings is 1. The Labute approximate surface area is 189 Å². The van der Waals surface area contributed by atoms with Crippen LogP contribution in [0.25, 0.3) is 0 Å². The number of benzene rings is 2. The molecule has 2 atom stereocenters. The van der Waals surface area contributed by atoms with Crippen molar-refractivity contribution in [2.45, 2.75) is 23.4 Å². The number of aromatic nitrogens is 3. The molecule has 1 aromatic heterocycles. The molecule has 160 valence electrons. The molecule has 1 saturated heterocycles. The van der Waals surface area contributed by atoms with Crippen LogP contribution in [0.5, 0.6) is 0 Å². The number of carbonyl (C=O) groups is 1. The van der Waals surface area contributed by atoms with E-state index >= 15 is 0 Å². The fraction of sp³-hybridized carbons (Fsp3) is 0.318. The van der Waals surface area contributed by atoms with E-state index in [9.17, 15) is 9.18 Å². The first-order valence-corrected chi connectivity index (χ1v) is 11.4. The normalized spacial score (nSPS) is 20.2. The summed E-state index contributed by atoms with van der Waals surface area (Å²) in [5.74, 6) is 0.116. The van der Waals surface area contributed by atoms with Gasteiger partial charge in [0.25, 0.3) is 5.91 Å². The molecule has 2 aliphatic rings. The second-order valence-corrected chi connectivity index (χ2v) is 9.24. The Bertz CT molecular complexity index is 1130. The van der Waals surface area contributed by atoms with Crippen LogP contribution in [0.3, 0.4) is 0 Å². The number of nitrogens with zero attached hydrogens (tertiary/aromatic N) is 5. The third kappa shape index (κ3) is 3.84. The molecule has 9 heteroatoms. The molecule has 0 amide bonds. The summed E-state index contributed by atoms with van der Waals surface area (Å²) in [6, 6.07) is 14.1. The van der Waals surface area contributed by atoms with Crippen LogP contribution in [-0.4, -0.2) is 57.0 Å². The third-order valence-electron chi connectivity index (χ3n) is 5.76. The van der Waals surface area contributed by atoms with Crippen LogP contribution in [-0.2, 0) is 0 Å². The number of fused-ring (bicyclic) bond motifs is 1. The van der Waals surface area contributed by atoms with Crippen LogP contribution in [0.4, 0.5) is 10.1 Å². The van der Waals surface area contributed by atoms with Crippen molar-refractivity contribution < 1.29 is 9.18 Å². The zero-order valence-corrected chi connectivity index (χ0v) is 18.5. The van der Waals surface area contributed by atoms with Crippen molar-refractivity contribution in [2.75, 3.05) is 31.1 Å². The van der Waals surface area contributed by atoms with E-state index in [2.05, 4.69) is 19.9 Å². The molecule has 2 unspecified atom stereocenters. The Hall–Kier alpha value is -2.42. The zero-order valence-electron chi connectivity index (χ0n) is 16.9. The maximum atomic E-state index is 14.9. The van der Waals surface area contributed by atoms with Gasteiger partial charge in [-0.25, -0.2) is 9.37 Å². The molecule has 5 rings (SSSR count). The molecule has 1 fully saturated rings. The van der Waals surface area contributed by atoms with Gasteiger partial charge in [0, 0.05) is 42.5 Å². The number of thioether (sulfide) groups is 1. The van der Waals surface area contributed by atoms with Crippen molar-refractivity contribution >= 4 is 35.0 Å². The number of anilines is 1. The minimum atomic E-state index is -0.495. The molecule has 2 aliphatic heterocycles. The second-order valence-electron chi connectivity index (χ2n) is 7.70. The summed E-state index contributed by atoms with van der Waals surface area (Å²) < 4.78 is 16.2. The molecule has 0 N–H and O–H groups in total. The molecule has 0 aliphatic carbocycles. The van der Waals surface area contributed by atoms with E-state index in [1.165, 1.54) is 22.5 Å². The predicted octanol–water partition coefficient (Wildman–Crippen LogP) is 4.06. The predicted molar refractivity (Wildman–Crippen MR) is 119 cm³/mol. The monoisotopic (exact) mass is 457 g/mol. The Morgan fingerprint density at radius 1 is 1.13 bits per heavy atom. The van der Waals surface area contributed by atoms with E-state index < -0.39 is 11.3 Å². The molecular weight excluding hydrogens is 437 g/mol. The minimum absolute atomic E-state index is 0.147. The molecule has 2 aromatic carbocycles. The lowest BCUT2D eigenvalue weighted by molar-refractivity contribution is 0.0828. The van der Waals surface area contributed by atoms with Gasteiger partial charge in [0.15, 0.2) is 5.16 Å². The summed E-state index contributed by atoms with van der Waals surface area (Å²) in [4.78, 5) is 22.0. The van der Waals surface area contributed by atoms with E-state index in [0.29, 0.717) is 34.7 Å². The van der Waals surface area contributed by atoms with Crippen LogP contribution in [0.15, 0.2) is 53.7 Å². The number of aryl methyl sites for hydroxylation is 1. The van der Waals surface area contributed by atoms with Crippen LogP contribution in [0.1, 0.15) is 22.2 Å². The van der Waals surface area contributed by atoms with Gasteiger partial charge in [0.05, 0.1) is 6.04 Å². The number of rotatable bonds is 4. The third-order valence-corrected chi connectivity index (χ3v) is 7.18. The quantitative estimate of drug-likeness (QED) is 0.589. The smallest absolute Gasteiger partial charge is 0.264 e. The summed E-state index contributed by atoms with van der Waals surface area (Å²) in [5.41, 5.74) is 1.60. The molecule has 6 nitrogen and oxygen atoms in total. The fourth-order valence-corrected chi connectivity index (χ4v) is 5.77. The van der Waals surface area contributed by atoms with E-state index in [1.807, 2.05) is 30.3 Å². The number of halogens is 2. The molecule has 31 heavy (non-hydrogen) atoms. The van der Waals surface area contributed by atoms with Gasteiger partial charge in [0.2, 0.25) is 0 Å². The van der Waals surface area contributed by atoms with Gasteiger partial charge in [-0.05, 0) is 31.2 Å². The number of carbonyl (C=O) groups excluding carboxylic acids is 1. The van der Waals surface area contributed by atoms with Crippen molar-refractivity contribution in [3.05, 3.63) is 70.8 Å². The maximum Gasteiger partial charge on any atom is 0.264 e.